The molecule has 0 bridgehead atoms. The molecule has 0 aliphatic rings. The molecule has 0 atom stereocenters. The Bertz CT molecular complexity index is 1020. The number of nitrogens with zero attached hydrogens (tertiary/aromatic N) is 2. The van der Waals surface area contributed by atoms with Crippen molar-refractivity contribution in [2.45, 2.75) is 0 Å². The molecule has 0 unspecified atom stereocenters. The van der Waals surface area contributed by atoms with Crippen LogP contribution < -0.4 is 24.4 Å². The Kier molecular flexibility index (Phi) is 6.53. The van der Waals surface area contributed by atoms with Gasteiger partial charge in [0.05, 0.1) is 40.3 Å². The van der Waals surface area contributed by atoms with Gasteiger partial charge in [-0.1, -0.05) is 0 Å². The van der Waals surface area contributed by atoms with Crippen molar-refractivity contribution >= 4 is 12.1 Å². The third-order valence-electron chi connectivity index (χ3n) is 4.28. The molecule has 0 saturated carbocycles. The molecule has 2 aromatic carbocycles. The molecule has 9 nitrogen and oxygen atoms in total. The molecule has 1 heterocycles. The summed E-state index contributed by atoms with van der Waals surface area (Å²) in [4.78, 5) is 12.3. The zero-order valence-corrected chi connectivity index (χ0v) is 17.1. The number of rotatable bonds is 8. The van der Waals surface area contributed by atoms with Crippen LogP contribution >= 0.6 is 0 Å². The normalized spacial score (nSPS) is 10.7. The minimum Gasteiger partial charge on any atom is -0.497 e. The second kappa shape index (κ2) is 9.46. The van der Waals surface area contributed by atoms with Crippen molar-refractivity contribution in [1.29, 1.82) is 0 Å². The maximum atomic E-state index is 12.3. The number of H-pyrrole nitrogens is 1. The molecule has 3 aromatic rings. The van der Waals surface area contributed by atoms with Crippen LogP contribution in [0.5, 0.6) is 23.0 Å². The van der Waals surface area contributed by atoms with Crippen LogP contribution in [0.2, 0.25) is 0 Å². The number of nitrogens with one attached hydrogen (secondary N) is 2. The van der Waals surface area contributed by atoms with E-state index >= 15 is 0 Å². The number of methoxy groups -OCH3 is 4. The molecule has 2 N–H and O–H groups in total. The lowest BCUT2D eigenvalue weighted by Gasteiger charge is -2.12. The van der Waals surface area contributed by atoms with Crippen LogP contribution in [0.15, 0.2) is 47.6 Å². The first-order valence-corrected chi connectivity index (χ1v) is 8.92. The highest BCUT2D eigenvalue weighted by Gasteiger charge is 2.13. The average Bonchev–Trinajstić information content (AvgIpc) is 3.28. The van der Waals surface area contributed by atoms with E-state index in [0.29, 0.717) is 28.5 Å². The van der Waals surface area contributed by atoms with E-state index in [1.54, 1.807) is 25.3 Å². The molecule has 1 aromatic heterocycles. The molecule has 0 aliphatic heterocycles. The minimum absolute atomic E-state index is 0.280. The van der Waals surface area contributed by atoms with Crippen molar-refractivity contribution in [2.75, 3.05) is 28.4 Å². The monoisotopic (exact) mass is 410 g/mol. The summed E-state index contributed by atoms with van der Waals surface area (Å²) < 4.78 is 21.0. The predicted molar refractivity (Wildman–Crippen MR) is 112 cm³/mol. The van der Waals surface area contributed by atoms with Gasteiger partial charge in [-0.25, -0.2) is 5.43 Å². The Balaban J connectivity index is 1.70. The lowest BCUT2D eigenvalue weighted by atomic mass is 10.1. The van der Waals surface area contributed by atoms with E-state index in [1.165, 1.54) is 27.5 Å². The molecule has 0 fully saturated rings. The van der Waals surface area contributed by atoms with Crippen molar-refractivity contribution in [3.05, 3.63) is 53.7 Å². The molecule has 0 radical (unpaired) electrons. The van der Waals surface area contributed by atoms with Gasteiger partial charge in [0.15, 0.2) is 11.5 Å². The van der Waals surface area contributed by atoms with Crippen LogP contribution in [0.4, 0.5) is 0 Å². The van der Waals surface area contributed by atoms with Crippen LogP contribution in [0.1, 0.15) is 16.1 Å². The molecule has 156 valence electrons. The summed E-state index contributed by atoms with van der Waals surface area (Å²) >= 11 is 0. The Hall–Kier alpha value is -4.01. The van der Waals surface area contributed by atoms with E-state index in [1.807, 2.05) is 24.3 Å². The van der Waals surface area contributed by atoms with E-state index in [9.17, 15) is 4.79 Å². The van der Waals surface area contributed by atoms with Crippen molar-refractivity contribution in [1.82, 2.24) is 15.6 Å². The third kappa shape index (κ3) is 4.52. The summed E-state index contributed by atoms with van der Waals surface area (Å²) in [6.07, 6.45) is 1.48. The first-order valence-electron chi connectivity index (χ1n) is 8.92. The predicted octanol–water partition coefficient (Wildman–Crippen LogP) is 2.88. The van der Waals surface area contributed by atoms with Crippen LogP contribution in [0, 0.1) is 0 Å². The maximum Gasteiger partial charge on any atom is 0.289 e. The van der Waals surface area contributed by atoms with Gasteiger partial charge < -0.3 is 18.9 Å². The molecule has 9 heteroatoms. The average molecular weight is 410 g/mol. The quantitative estimate of drug-likeness (QED) is 0.437. The van der Waals surface area contributed by atoms with Crippen molar-refractivity contribution in [3.8, 4) is 34.3 Å². The third-order valence-corrected chi connectivity index (χ3v) is 4.28. The smallest absolute Gasteiger partial charge is 0.289 e. The Morgan fingerprint density at radius 3 is 2.20 bits per heavy atom. The lowest BCUT2D eigenvalue weighted by Crippen LogP contribution is -2.18. The number of hydrazone groups is 1. The van der Waals surface area contributed by atoms with E-state index in [4.69, 9.17) is 18.9 Å². The van der Waals surface area contributed by atoms with Crippen LogP contribution in [-0.2, 0) is 0 Å². The zero-order valence-electron chi connectivity index (χ0n) is 17.1. The molecule has 1 amide bonds. The number of hydrogen-bond acceptors (Lipinski definition) is 7. The standard InChI is InChI=1S/C21H22N4O5/c1-27-15-7-5-14(6-8-15)16-11-17(24-23-16)21(26)25-22-12-13-9-18(28-2)20(30-4)19(10-13)29-3/h5-12H,1-4H3,(H,23,24)(H,25,26). The highest BCUT2D eigenvalue weighted by Crippen LogP contribution is 2.37. The molecular weight excluding hydrogens is 388 g/mol. The Morgan fingerprint density at radius 1 is 0.967 bits per heavy atom. The Morgan fingerprint density at radius 2 is 1.63 bits per heavy atom. The minimum atomic E-state index is -0.425. The molecule has 0 spiro atoms. The molecular formula is C21H22N4O5. The van der Waals surface area contributed by atoms with Crippen molar-refractivity contribution in [3.63, 3.8) is 0 Å². The van der Waals surface area contributed by atoms with Crippen LogP contribution in [0.25, 0.3) is 11.3 Å². The summed E-state index contributed by atoms with van der Waals surface area (Å²) in [5.41, 5.74) is 4.89. The molecule has 30 heavy (non-hydrogen) atoms. The summed E-state index contributed by atoms with van der Waals surface area (Å²) in [6, 6.07) is 12.4. The number of aromatic nitrogens is 2. The fourth-order valence-corrected chi connectivity index (χ4v) is 2.75. The molecule has 0 aliphatic carbocycles. The number of ether oxygens (including phenoxy) is 4. The number of carbonyl (C=O) groups excluding carboxylic acids is 1. The Labute approximate surface area is 173 Å². The number of aromatic amines is 1. The van der Waals surface area contributed by atoms with Gasteiger partial charge in [-0.15, -0.1) is 0 Å². The summed E-state index contributed by atoms with van der Waals surface area (Å²) in [5.74, 6) is 1.77. The van der Waals surface area contributed by atoms with Gasteiger partial charge in [-0.2, -0.15) is 10.2 Å². The highest BCUT2D eigenvalue weighted by molar-refractivity contribution is 5.94. The van der Waals surface area contributed by atoms with Gasteiger partial charge in [0.25, 0.3) is 5.91 Å². The topological polar surface area (TPSA) is 107 Å². The van der Waals surface area contributed by atoms with Crippen molar-refractivity contribution < 1.29 is 23.7 Å². The molecule has 0 saturated heterocycles. The second-order valence-corrected chi connectivity index (χ2v) is 6.05. The highest BCUT2D eigenvalue weighted by atomic mass is 16.5. The summed E-state index contributed by atoms with van der Waals surface area (Å²) in [6.45, 7) is 0. The SMILES string of the molecule is COc1ccc(-c2cc(C(=O)NN=Cc3cc(OC)c(OC)c(OC)c3)[nH]n2)cc1. The van der Waals surface area contributed by atoms with E-state index in [2.05, 4.69) is 20.7 Å². The number of hydrogen-bond donors (Lipinski definition) is 2. The van der Waals surface area contributed by atoms with Gasteiger partial charge >= 0.3 is 0 Å². The van der Waals surface area contributed by atoms with Gasteiger partial charge in [-0.3, -0.25) is 9.89 Å². The molecule has 3 rings (SSSR count). The van der Waals surface area contributed by atoms with Crippen molar-refractivity contribution in [2.24, 2.45) is 5.10 Å². The first kappa shape index (κ1) is 20.7. The number of carbonyl (C=O) groups is 1. The van der Waals surface area contributed by atoms with Gasteiger partial charge in [0.2, 0.25) is 5.75 Å². The van der Waals surface area contributed by atoms with Gasteiger partial charge in [-0.05, 0) is 42.5 Å². The summed E-state index contributed by atoms with van der Waals surface area (Å²) in [7, 11) is 6.18. The van der Waals surface area contributed by atoms with E-state index in [-0.39, 0.29) is 5.69 Å². The lowest BCUT2D eigenvalue weighted by molar-refractivity contribution is 0.0950. The van der Waals surface area contributed by atoms with Crippen LogP contribution in [-0.4, -0.2) is 50.8 Å². The number of amides is 1. The van der Waals surface area contributed by atoms with E-state index < -0.39 is 5.91 Å². The van der Waals surface area contributed by atoms with Gasteiger partial charge in [0.1, 0.15) is 11.4 Å². The summed E-state index contributed by atoms with van der Waals surface area (Å²) in [5, 5.41) is 10.9. The van der Waals surface area contributed by atoms with Crippen LogP contribution in [0.3, 0.4) is 0 Å². The largest absolute Gasteiger partial charge is 0.497 e. The zero-order chi connectivity index (χ0) is 21.5. The fraction of sp³-hybridized carbons (Fsp3) is 0.190. The van der Waals surface area contributed by atoms with Gasteiger partial charge in [0, 0.05) is 11.1 Å². The second-order valence-electron chi connectivity index (χ2n) is 6.05. The maximum absolute atomic E-state index is 12.3. The fourth-order valence-electron chi connectivity index (χ4n) is 2.75. The number of benzene rings is 2. The first-order chi connectivity index (χ1) is 14.6. The van der Waals surface area contributed by atoms with E-state index in [0.717, 1.165) is 11.3 Å².